The predicted octanol–water partition coefficient (Wildman–Crippen LogP) is 3.66. The second-order valence-corrected chi connectivity index (χ2v) is 7.04. The van der Waals surface area contributed by atoms with E-state index in [1.54, 1.807) is 12.0 Å². The average Bonchev–Trinajstić information content (AvgIpc) is 3.14. The van der Waals surface area contributed by atoms with Crippen LogP contribution < -0.4 is 10.1 Å². The van der Waals surface area contributed by atoms with Gasteiger partial charge < -0.3 is 15.0 Å². The number of ether oxygens (including phenoxy) is 1. The number of carbonyl (C=O) groups is 2. The fourth-order valence-corrected chi connectivity index (χ4v) is 3.61. The summed E-state index contributed by atoms with van der Waals surface area (Å²) in [5, 5.41) is 3.16. The molecule has 0 radical (unpaired) electrons. The van der Waals surface area contributed by atoms with Gasteiger partial charge in [-0.2, -0.15) is 0 Å². The van der Waals surface area contributed by atoms with Gasteiger partial charge >= 0.3 is 0 Å². The van der Waals surface area contributed by atoms with Crippen molar-refractivity contribution in [2.45, 2.75) is 77.4 Å². The fourth-order valence-electron chi connectivity index (χ4n) is 3.61. The van der Waals surface area contributed by atoms with Crippen molar-refractivity contribution < 1.29 is 14.3 Å². The lowest BCUT2D eigenvalue weighted by Gasteiger charge is -2.31. The third kappa shape index (κ3) is 5.48. The van der Waals surface area contributed by atoms with Gasteiger partial charge in [0, 0.05) is 19.0 Å². The summed E-state index contributed by atoms with van der Waals surface area (Å²) < 4.78 is 5.28. The molecule has 26 heavy (non-hydrogen) atoms. The van der Waals surface area contributed by atoms with Gasteiger partial charge in [-0.25, -0.2) is 0 Å². The van der Waals surface area contributed by atoms with E-state index in [9.17, 15) is 9.59 Å². The molecular weight excluding hydrogens is 328 g/mol. The Morgan fingerprint density at radius 3 is 2.62 bits per heavy atom. The zero-order valence-electron chi connectivity index (χ0n) is 16.3. The number of benzene rings is 1. The van der Waals surface area contributed by atoms with Crippen LogP contribution in [0.15, 0.2) is 24.3 Å². The minimum absolute atomic E-state index is 0.0215. The monoisotopic (exact) mass is 360 g/mol. The van der Waals surface area contributed by atoms with Gasteiger partial charge in [0.05, 0.1) is 7.11 Å². The maximum Gasteiger partial charge on any atom is 0.243 e. The molecule has 0 spiro atoms. The Morgan fingerprint density at radius 2 is 2.00 bits per heavy atom. The van der Waals surface area contributed by atoms with Gasteiger partial charge in [0.15, 0.2) is 0 Å². The van der Waals surface area contributed by atoms with E-state index in [0.29, 0.717) is 19.4 Å². The van der Waals surface area contributed by atoms with Crippen LogP contribution >= 0.6 is 0 Å². The van der Waals surface area contributed by atoms with Crippen LogP contribution in [0.3, 0.4) is 0 Å². The van der Waals surface area contributed by atoms with E-state index < -0.39 is 6.04 Å². The summed E-state index contributed by atoms with van der Waals surface area (Å²) in [6.07, 6.45) is 6.26. The number of hydrogen-bond acceptors (Lipinski definition) is 3. The number of rotatable bonds is 9. The van der Waals surface area contributed by atoms with Gasteiger partial charge in [0.25, 0.3) is 0 Å². The van der Waals surface area contributed by atoms with E-state index in [2.05, 4.69) is 5.32 Å². The van der Waals surface area contributed by atoms with Crippen molar-refractivity contribution in [3.05, 3.63) is 29.8 Å². The molecule has 0 aromatic heterocycles. The highest BCUT2D eigenvalue weighted by atomic mass is 16.5. The van der Waals surface area contributed by atoms with E-state index in [4.69, 9.17) is 4.74 Å². The molecule has 0 bridgehead atoms. The summed E-state index contributed by atoms with van der Waals surface area (Å²) in [4.78, 5) is 27.4. The number of nitrogens with zero attached hydrogens (tertiary/aromatic N) is 1. The highest BCUT2D eigenvalue weighted by Crippen LogP contribution is 2.20. The molecule has 0 saturated heterocycles. The summed E-state index contributed by atoms with van der Waals surface area (Å²) in [7, 11) is 1.63. The highest BCUT2D eigenvalue weighted by Gasteiger charge is 2.30. The SMILES string of the molecule is CCCC(=O)N(Cc1cccc(OC)c1)[C@@H](CC)C(=O)NC1CCCC1. The molecule has 1 N–H and O–H groups in total. The lowest BCUT2D eigenvalue weighted by Crippen LogP contribution is -2.50. The quantitative estimate of drug-likeness (QED) is 0.731. The molecule has 2 rings (SSSR count). The molecule has 1 saturated carbocycles. The molecular formula is C21H32N2O3. The molecule has 144 valence electrons. The topological polar surface area (TPSA) is 58.6 Å². The molecule has 2 amide bonds. The van der Waals surface area contributed by atoms with Crippen molar-refractivity contribution in [1.29, 1.82) is 0 Å². The van der Waals surface area contributed by atoms with Crippen molar-refractivity contribution in [2.24, 2.45) is 0 Å². The molecule has 1 aromatic rings. The molecule has 0 unspecified atom stereocenters. The molecule has 1 aliphatic carbocycles. The molecule has 5 nitrogen and oxygen atoms in total. The van der Waals surface area contributed by atoms with Gasteiger partial charge in [0.1, 0.15) is 11.8 Å². The Labute approximate surface area is 157 Å². The second kappa shape index (κ2) is 10.2. The summed E-state index contributed by atoms with van der Waals surface area (Å²) in [6.45, 7) is 4.38. The Balaban J connectivity index is 2.16. The van der Waals surface area contributed by atoms with Crippen LogP contribution in [0.4, 0.5) is 0 Å². The third-order valence-corrected chi connectivity index (χ3v) is 5.04. The lowest BCUT2D eigenvalue weighted by atomic mass is 10.1. The van der Waals surface area contributed by atoms with Gasteiger partial charge in [0.2, 0.25) is 11.8 Å². The van der Waals surface area contributed by atoms with E-state index in [-0.39, 0.29) is 17.9 Å². The van der Waals surface area contributed by atoms with Crippen molar-refractivity contribution in [3.8, 4) is 5.75 Å². The Kier molecular flexibility index (Phi) is 7.95. The smallest absolute Gasteiger partial charge is 0.243 e. The molecule has 5 heteroatoms. The predicted molar refractivity (Wildman–Crippen MR) is 103 cm³/mol. The minimum atomic E-state index is -0.430. The van der Waals surface area contributed by atoms with Crippen LogP contribution in [0.1, 0.15) is 64.4 Å². The number of hydrogen-bond donors (Lipinski definition) is 1. The van der Waals surface area contributed by atoms with Crippen LogP contribution in [-0.4, -0.2) is 35.9 Å². The van der Waals surface area contributed by atoms with Gasteiger partial charge in [-0.3, -0.25) is 9.59 Å². The van der Waals surface area contributed by atoms with Crippen LogP contribution in [-0.2, 0) is 16.1 Å². The fraction of sp³-hybridized carbons (Fsp3) is 0.619. The normalized spacial score (nSPS) is 15.5. The average molecular weight is 360 g/mol. The first kappa shape index (κ1) is 20.3. The standard InChI is InChI=1S/C21H32N2O3/c1-4-9-20(24)23(15-16-10-8-13-18(14-16)26-3)19(5-2)21(25)22-17-11-6-7-12-17/h8,10,13-14,17,19H,4-7,9,11-12,15H2,1-3H3,(H,22,25)/t19-/m0/s1. The molecule has 1 aliphatic rings. The first-order valence-electron chi connectivity index (χ1n) is 9.81. The highest BCUT2D eigenvalue weighted by molar-refractivity contribution is 5.87. The van der Waals surface area contributed by atoms with Crippen LogP contribution in [0, 0.1) is 0 Å². The van der Waals surface area contributed by atoms with Crippen LogP contribution in [0.2, 0.25) is 0 Å². The summed E-state index contributed by atoms with van der Waals surface area (Å²) >= 11 is 0. The summed E-state index contributed by atoms with van der Waals surface area (Å²) in [5.74, 6) is 0.768. The van der Waals surface area contributed by atoms with Crippen molar-refractivity contribution in [2.75, 3.05) is 7.11 Å². The largest absolute Gasteiger partial charge is 0.497 e. The maximum absolute atomic E-state index is 12.9. The van der Waals surface area contributed by atoms with E-state index in [1.807, 2.05) is 38.1 Å². The minimum Gasteiger partial charge on any atom is -0.497 e. The zero-order valence-corrected chi connectivity index (χ0v) is 16.3. The van der Waals surface area contributed by atoms with Crippen LogP contribution in [0.5, 0.6) is 5.75 Å². The van der Waals surface area contributed by atoms with Gasteiger partial charge in [-0.15, -0.1) is 0 Å². The molecule has 1 aromatic carbocycles. The molecule has 1 atom stereocenters. The molecule has 0 aliphatic heterocycles. The van der Waals surface area contributed by atoms with E-state index in [0.717, 1.165) is 30.6 Å². The second-order valence-electron chi connectivity index (χ2n) is 7.04. The Bertz CT molecular complexity index is 597. The first-order valence-corrected chi connectivity index (χ1v) is 9.81. The maximum atomic E-state index is 12.9. The van der Waals surface area contributed by atoms with Gasteiger partial charge in [-0.1, -0.05) is 38.8 Å². The Hall–Kier alpha value is -2.04. The zero-order chi connectivity index (χ0) is 18.9. The summed E-state index contributed by atoms with van der Waals surface area (Å²) in [5.41, 5.74) is 0.973. The number of methoxy groups -OCH3 is 1. The van der Waals surface area contributed by atoms with Gasteiger partial charge in [-0.05, 0) is 43.4 Å². The number of nitrogens with one attached hydrogen (secondary N) is 1. The van der Waals surface area contributed by atoms with Crippen molar-refractivity contribution in [3.63, 3.8) is 0 Å². The summed E-state index contributed by atoms with van der Waals surface area (Å²) in [6, 6.07) is 7.52. The van der Waals surface area contributed by atoms with E-state index in [1.165, 1.54) is 12.8 Å². The van der Waals surface area contributed by atoms with Crippen LogP contribution in [0.25, 0.3) is 0 Å². The van der Waals surface area contributed by atoms with Crippen molar-refractivity contribution >= 4 is 11.8 Å². The lowest BCUT2D eigenvalue weighted by molar-refractivity contribution is -0.141. The molecule has 0 heterocycles. The van der Waals surface area contributed by atoms with Crippen molar-refractivity contribution in [1.82, 2.24) is 10.2 Å². The third-order valence-electron chi connectivity index (χ3n) is 5.04. The number of carbonyl (C=O) groups excluding carboxylic acids is 2. The Morgan fingerprint density at radius 1 is 1.27 bits per heavy atom. The van der Waals surface area contributed by atoms with E-state index >= 15 is 0 Å². The molecule has 1 fully saturated rings. The first-order chi connectivity index (χ1) is 12.6. The number of amides is 2.